The van der Waals surface area contributed by atoms with Crippen LogP contribution >= 0.6 is 11.3 Å². The second-order valence-electron chi connectivity index (χ2n) is 6.00. The highest BCUT2D eigenvalue weighted by atomic mass is 32.1. The zero-order valence-corrected chi connectivity index (χ0v) is 16.9. The van der Waals surface area contributed by atoms with Crippen LogP contribution in [0.4, 0.5) is 5.69 Å². The van der Waals surface area contributed by atoms with E-state index in [0.29, 0.717) is 39.3 Å². The number of nitrogens with zero attached hydrogens (tertiary/aromatic N) is 2. The number of rotatable bonds is 6. The summed E-state index contributed by atoms with van der Waals surface area (Å²) in [5.41, 5.74) is 1.93. The largest absolute Gasteiger partial charge is 0.493 e. The first-order valence-electron chi connectivity index (χ1n) is 8.68. The number of carbonyl (C=O) groups excluding carboxylic acids is 1. The molecular formula is C20H21N3O4S. The van der Waals surface area contributed by atoms with E-state index in [-0.39, 0.29) is 11.5 Å². The van der Waals surface area contributed by atoms with Gasteiger partial charge in [-0.3, -0.25) is 9.59 Å². The summed E-state index contributed by atoms with van der Waals surface area (Å²) in [4.78, 5) is 29.5. The molecule has 1 amide bonds. The molecule has 0 unspecified atom stereocenters. The summed E-state index contributed by atoms with van der Waals surface area (Å²) in [5.74, 6) is 0.965. The smallest absolute Gasteiger partial charge is 0.267 e. The van der Waals surface area contributed by atoms with Gasteiger partial charge in [0.1, 0.15) is 9.88 Å². The molecule has 2 aromatic heterocycles. The Labute approximate surface area is 166 Å². The zero-order valence-electron chi connectivity index (χ0n) is 16.1. The second-order valence-corrected chi connectivity index (χ2v) is 7.00. The van der Waals surface area contributed by atoms with Gasteiger partial charge in [0.25, 0.3) is 11.5 Å². The van der Waals surface area contributed by atoms with Crippen LogP contribution in [0.15, 0.2) is 41.3 Å². The molecule has 0 saturated carbocycles. The van der Waals surface area contributed by atoms with E-state index in [1.807, 2.05) is 19.1 Å². The molecule has 0 radical (unpaired) electrons. The number of benzene rings is 1. The van der Waals surface area contributed by atoms with Crippen molar-refractivity contribution in [3.05, 3.63) is 57.5 Å². The summed E-state index contributed by atoms with van der Waals surface area (Å²) >= 11 is 1.30. The standard InChI is InChI=1S/C20H21N3O4S/c1-5-23-11-14(7-9-17(23)24)22-19(25)18-12(2)21-20(28-18)13-6-8-15(26-3)16(10-13)27-4/h6-11H,5H2,1-4H3,(H,22,25). The molecule has 0 aliphatic rings. The van der Waals surface area contributed by atoms with Crippen LogP contribution in [0.5, 0.6) is 11.5 Å². The molecule has 0 bridgehead atoms. The Morgan fingerprint density at radius 1 is 1.18 bits per heavy atom. The molecule has 7 nitrogen and oxygen atoms in total. The fourth-order valence-corrected chi connectivity index (χ4v) is 3.70. The highest BCUT2D eigenvalue weighted by molar-refractivity contribution is 7.17. The lowest BCUT2D eigenvalue weighted by atomic mass is 10.2. The van der Waals surface area contributed by atoms with E-state index in [9.17, 15) is 9.59 Å². The number of amides is 1. The summed E-state index contributed by atoms with van der Waals surface area (Å²) in [6, 6.07) is 8.54. The van der Waals surface area contributed by atoms with Crippen LogP contribution in [0.2, 0.25) is 0 Å². The minimum Gasteiger partial charge on any atom is -0.493 e. The Bertz CT molecular complexity index is 1070. The maximum Gasteiger partial charge on any atom is 0.267 e. The maximum absolute atomic E-state index is 12.7. The molecule has 28 heavy (non-hydrogen) atoms. The van der Waals surface area contributed by atoms with Gasteiger partial charge in [-0.25, -0.2) is 4.98 Å². The third kappa shape index (κ3) is 3.91. The molecule has 3 aromatic rings. The van der Waals surface area contributed by atoms with Crippen molar-refractivity contribution in [2.75, 3.05) is 19.5 Å². The number of aryl methyl sites for hydroxylation is 2. The fraction of sp³-hybridized carbons (Fsp3) is 0.250. The fourth-order valence-electron chi connectivity index (χ4n) is 2.74. The molecule has 8 heteroatoms. The first-order chi connectivity index (χ1) is 13.5. The van der Waals surface area contributed by atoms with Gasteiger partial charge in [0.05, 0.1) is 25.6 Å². The van der Waals surface area contributed by atoms with Crippen molar-refractivity contribution in [1.29, 1.82) is 0 Å². The highest BCUT2D eigenvalue weighted by Crippen LogP contribution is 2.35. The van der Waals surface area contributed by atoms with Gasteiger partial charge in [-0.15, -0.1) is 11.3 Å². The lowest BCUT2D eigenvalue weighted by Crippen LogP contribution is -2.19. The van der Waals surface area contributed by atoms with Gasteiger partial charge in [-0.1, -0.05) is 0 Å². The molecule has 3 rings (SSSR count). The minimum atomic E-state index is -0.261. The number of aromatic nitrogens is 2. The van der Waals surface area contributed by atoms with Crippen molar-refractivity contribution in [3.63, 3.8) is 0 Å². The maximum atomic E-state index is 12.7. The normalized spacial score (nSPS) is 10.6. The van der Waals surface area contributed by atoms with E-state index in [0.717, 1.165) is 5.56 Å². The summed E-state index contributed by atoms with van der Waals surface area (Å²) in [6.07, 6.45) is 1.63. The summed E-state index contributed by atoms with van der Waals surface area (Å²) in [7, 11) is 3.15. The molecule has 1 N–H and O–H groups in total. The number of hydrogen-bond acceptors (Lipinski definition) is 6. The molecule has 146 valence electrons. The van der Waals surface area contributed by atoms with E-state index in [1.54, 1.807) is 39.5 Å². The molecule has 0 atom stereocenters. The predicted octanol–water partition coefficient (Wildman–Crippen LogP) is 3.57. The number of thiazole rings is 1. The van der Waals surface area contributed by atoms with Gasteiger partial charge < -0.3 is 19.4 Å². The number of ether oxygens (including phenoxy) is 2. The lowest BCUT2D eigenvalue weighted by Gasteiger charge is -2.08. The number of anilines is 1. The van der Waals surface area contributed by atoms with Crippen molar-refractivity contribution < 1.29 is 14.3 Å². The Morgan fingerprint density at radius 3 is 2.61 bits per heavy atom. The van der Waals surface area contributed by atoms with Crippen LogP contribution in [-0.2, 0) is 6.54 Å². The first-order valence-corrected chi connectivity index (χ1v) is 9.50. The Hall–Kier alpha value is -3.13. The SMILES string of the molecule is CCn1cc(NC(=O)c2sc(-c3ccc(OC)c(OC)c3)nc2C)ccc1=O. The van der Waals surface area contributed by atoms with Gasteiger partial charge >= 0.3 is 0 Å². The zero-order chi connectivity index (χ0) is 20.3. The number of methoxy groups -OCH3 is 2. The Kier molecular flexibility index (Phi) is 5.79. The number of hydrogen-bond donors (Lipinski definition) is 1. The van der Waals surface area contributed by atoms with Crippen molar-refractivity contribution in [1.82, 2.24) is 9.55 Å². The van der Waals surface area contributed by atoms with Crippen LogP contribution in [-0.4, -0.2) is 29.7 Å². The molecule has 0 saturated heterocycles. The highest BCUT2D eigenvalue weighted by Gasteiger charge is 2.18. The minimum absolute atomic E-state index is 0.106. The monoisotopic (exact) mass is 399 g/mol. The average Bonchev–Trinajstić information content (AvgIpc) is 3.10. The predicted molar refractivity (Wildman–Crippen MR) is 110 cm³/mol. The van der Waals surface area contributed by atoms with Crippen molar-refractivity contribution >= 4 is 22.9 Å². The first kappa shape index (κ1) is 19.6. The molecule has 1 aromatic carbocycles. The molecule has 0 aliphatic carbocycles. The van der Waals surface area contributed by atoms with Gasteiger partial charge in [0, 0.05) is 24.4 Å². The summed E-state index contributed by atoms with van der Waals surface area (Å²) in [6.45, 7) is 4.20. The van der Waals surface area contributed by atoms with Crippen LogP contribution in [0.3, 0.4) is 0 Å². The Balaban J connectivity index is 1.88. The summed E-state index contributed by atoms with van der Waals surface area (Å²) in [5, 5.41) is 3.54. The lowest BCUT2D eigenvalue weighted by molar-refractivity contribution is 0.102. The molecular weight excluding hydrogens is 378 g/mol. The third-order valence-corrected chi connectivity index (χ3v) is 5.42. The van der Waals surface area contributed by atoms with E-state index >= 15 is 0 Å². The number of pyridine rings is 1. The van der Waals surface area contributed by atoms with Crippen LogP contribution in [0.1, 0.15) is 22.3 Å². The molecule has 0 fully saturated rings. The molecule has 2 heterocycles. The van der Waals surface area contributed by atoms with Crippen LogP contribution in [0, 0.1) is 6.92 Å². The number of carbonyl (C=O) groups is 1. The molecule has 0 aliphatic heterocycles. The Morgan fingerprint density at radius 2 is 1.93 bits per heavy atom. The number of nitrogens with one attached hydrogen (secondary N) is 1. The van der Waals surface area contributed by atoms with Gasteiger partial charge in [0.15, 0.2) is 11.5 Å². The van der Waals surface area contributed by atoms with Crippen LogP contribution in [0.25, 0.3) is 10.6 Å². The average molecular weight is 399 g/mol. The summed E-state index contributed by atoms with van der Waals surface area (Å²) < 4.78 is 12.1. The van der Waals surface area contributed by atoms with Crippen molar-refractivity contribution in [2.24, 2.45) is 0 Å². The van der Waals surface area contributed by atoms with Gasteiger partial charge in [0.2, 0.25) is 0 Å². The van der Waals surface area contributed by atoms with Crippen LogP contribution < -0.4 is 20.3 Å². The van der Waals surface area contributed by atoms with E-state index in [1.165, 1.54) is 22.0 Å². The van der Waals surface area contributed by atoms with E-state index in [4.69, 9.17) is 9.47 Å². The second kappa shape index (κ2) is 8.26. The topological polar surface area (TPSA) is 82.5 Å². The van der Waals surface area contributed by atoms with Crippen molar-refractivity contribution in [2.45, 2.75) is 20.4 Å². The molecule has 0 spiro atoms. The van der Waals surface area contributed by atoms with E-state index in [2.05, 4.69) is 10.3 Å². The van der Waals surface area contributed by atoms with Gasteiger partial charge in [-0.2, -0.15) is 0 Å². The van der Waals surface area contributed by atoms with Crippen molar-refractivity contribution in [3.8, 4) is 22.1 Å². The third-order valence-electron chi connectivity index (χ3n) is 4.22. The quantitative estimate of drug-likeness (QED) is 0.685. The van der Waals surface area contributed by atoms with E-state index < -0.39 is 0 Å². The van der Waals surface area contributed by atoms with Gasteiger partial charge in [-0.05, 0) is 38.1 Å².